The van der Waals surface area contributed by atoms with Gasteiger partial charge in [0.15, 0.2) is 5.82 Å². The maximum atomic E-state index is 6.13. The zero-order chi connectivity index (χ0) is 17.9. The van der Waals surface area contributed by atoms with E-state index in [1.165, 1.54) is 12.8 Å². The largest absolute Gasteiger partial charge is 0.379 e. The highest BCUT2D eigenvalue weighted by atomic mass is 35.5. The third-order valence-electron chi connectivity index (χ3n) is 5.50. The summed E-state index contributed by atoms with van der Waals surface area (Å²) in [6.07, 6.45) is 7.52. The number of morpholine rings is 1. The molecular weight excluding hydrogens is 352 g/mol. The molecule has 4 rings (SSSR count). The van der Waals surface area contributed by atoms with Crippen molar-refractivity contribution in [1.82, 2.24) is 24.6 Å². The number of hydrogen-bond acceptors (Lipinski definition) is 6. The molecule has 1 N–H and O–H groups in total. The molecule has 2 fully saturated rings. The predicted octanol–water partition coefficient (Wildman–Crippen LogP) is 2.95. The van der Waals surface area contributed by atoms with Gasteiger partial charge in [0.1, 0.15) is 11.0 Å². The molecular formula is C18H27ClN6O. The molecule has 0 bridgehead atoms. The Morgan fingerprint density at radius 1 is 1.19 bits per heavy atom. The number of anilines is 1. The van der Waals surface area contributed by atoms with E-state index in [0.717, 1.165) is 69.0 Å². The van der Waals surface area contributed by atoms with Gasteiger partial charge in [0, 0.05) is 31.7 Å². The van der Waals surface area contributed by atoms with Crippen LogP contribution in [0, 0.1) is 0 Å². The van der Waals surface area contributed by atoms with Crippen LogP contribution in [-0.4, -0.2) is 63.0 Å². The lowest BCUT2D eigenvalue weighted by atomic mass is 9.90. The molecule has 8 heteroatoms. The summed E-state index contributed by atoms with van der Waals surface area (Å²) in [5.41, 5.74) is 1.77. The minimum absolute atomic E-state index is 0.276. The number of aryl methyl sites for hydroxylation is 1. The minimum atomic E-state index is 0.276. The van der Waals surface area contributed by atoms with Gasteiger partial charge in [-0.15, -0.1) is 0 Å². The van der Waals surface area contributed by atoms with Crippen molar-refractivity contribution in [2.45, 2.75) is 57.7 Å². The maximum Gasteiger partial charge on any atom is 0.225 e. The van der Waals surface area contributed by atoms with Gasteiger partial charge in [-0.05, 0) is 43.7 Å². The van der Waals surface area contributed by atoms with Crippen molar-refractivity contribution >= 4 is 28.5 Å². The fraction of sp³-hybridized carbons (Fsp3) is 0.722. The molecule has 2 aliphatic rings. The molecule has 0 amide bonds. The van der Waals surface area contributed by atoms with E-state index in [2.05, 4.69) is 32.2 Å². The van der Waals surface area contributed by atoms with E-state index in [9.17, 15) is 0 Å². The molecule has 1 saturated heterocycles. The molecule has 0 aromatic carbocycles. The molecule has 0 spiro atoms. The monoisotopic (exact) mass is 378 g/mol. The molecule has 0 radical (unpaired) electrons. The van der Waals surface area contributed by atoms with Gasteiger partial charge in [-0.2, -0.15) is 10.1 Å². The van der Waals surface area contributed by atoms with Gasteiger partial charge < -0.3 is 10.1 Å². The quantitative estimate of drug-likeness (QED) is 0.807. The molecule has 142 valence electrons. The van der Waals surface area contributed by atoms with Crippen LogP contribution in [0.2, 0.25) is 5.28 Å². The number of halogens is 1. The van der Waals surface area contributed by atoms with Crippen LogP contribution in [0.15, 0.2) is 6.20 Å². The molecule has 1 saturated carbocycles. The van der Waals surface area contributed by atoms with Crippen LogP contribution in [0.3, 0.4) is 0 Å². The van der Waals surface area contributed by atoms with Gasteiger partial charge in [-0.25, -0.2) is 4.98 Å². The van der Waals surface area contributed by atoms with E-state index >= 15 is 0 Å². The molecule has 26 heavy (non-hydrogen) atoms. The first-order chi connectivity index (χ1) is 12.7. The summed E-state index contributed by atoms with van der Waals surface area (Å²) in [4.78, 5) is 11.4. The number of nitrogens with zero attached hydrogens (tertiary/aromatic N) is 5. The number of nitrogens with one attached hydrogen (secondary N) is 1. The third kappa shape index (κ3) is 3.80. The van der Waals surface area contributed by atoms with Gasteiger partial charge in [0.2, 0.25) is 5.28 Å². The lowest BCUT2D eigenvalue weighted by Crippen LogP contribution is -2.46. The summed E-state index contributed by atoms with van der Waals surface area (Å²) in [6, 6.07) is 1.11. The van der Waals surface area contributed by atoms with E-state index < -0.39 is 0 Å². The second-order valence-corrected chi connectivity index (χ2v) is 7.58. The van der Waals surface area contributed by atoms with Crippen LogP contribution >= 0.6 is 11.6 Å². The van der Waals surface area contributed by atoms with Crippen molar-refractivity contribution in [2.24, 2.45) is 0 Å². The van der Waals surface area contributed by atoms with Crippen molar-refractivity contribution in [3.05, 3.63) is 11.5 Å². The Bertz CT molecular complexity index is 737. The smallest absolute Gasteiger partial charge is 0.225 e. The first kappa shape index (κ1) is 17.9. The van der Waals surface area contributed by atoms with E-state index in [1.807, 2.05) is 4.68 Å². The van der Waals surface area contributed by atoms with Gasteiger partial charge in [-0.3, -0.25) is 9.58 Å². The number of ether oxygens (including phenoxy) is 1. The summed E-state index contributed by atoms with van der Waals surface area (Å²) >= 11 is 6.13. The fourth-order valence-electron chi connectivity index (χ4n) is 4.17. The van der Waals surface area contributed by atoms with Crippen LogP contribution in [0.25, 0.3) is 11.0 Å². The van der Waals surface area contributed by atoms with Crippen molar-refractivity contribution < 1.29 is 4.74 Å². The standard InChI is InChI=1S/C18H27ClN6O/c1-2-7-25-16-15(12-20-25)22-18(19)23-17(16)21-13-3-5-14(6-4-13)24-8-10-26-11-9-24/h12-14H,2-11H2,1H3,(H,21,22,23)/t13-,14-. The normalized spacial score (nSPS) is 24.8. The average Bonchev–Trinajstić information content (AvgIpc) is 3.06. The summed E-state index contributed by atoms with van der Waals surface area (Å²) in [5.74, 6) is 0.820. The maximum absolute atomic E-state index is 6.13. The van der Waals surface area contributed by atoms with Crippen LogP contribution in [0.5, 0.6) is 0 Å². The zero-order valence-corrected chi connectivity index (χ0v) is 16.1. The first-order valence-electron chi connectivity index (χ1n) is 9.72. The van der Waals surface area contributed by atoms with Gasteiger partial charge in [0.25, 0.3) is 0 Å². The zero-order valence-electron chi connectivity index (χ0n) is 15.3. The van der Waals surface area contributed by atoms with E-state index in [4.69, 9.17) is 16.3 Å². The summed E-state index contributed by atoms with van der Waals surface area (Å²) in [7, 11) is 0. The van der Waals surface area contributed by atoms with Crippen molar-refractivity contribution in [1.29, 1.82) is 0 Å². The third-order valence-corrected chi connectivity index (χ3v) is 5.67. The fourth-order valence-corrected chi connectivity index (χ4v) is 4.35. The Hall–Kier alpha value is -1.44. The van der Waals surface area contributed by atoms with Crippen LogP contribution < -0.4 is 5.32 Å². The highest BCUT2D eigenvalue weighted by Gasteiger charge is 2.27. The number of hydrogen-bond donors (Lipinski definition) is 1. The lowest BCUT2D eigenvalue weighted by Gasteiger charge is -2.39. The van der Waals surface area contributed by atoms with Crippen molar-refractivity contribution in [2.75, 3.05) is 31.6 Å². The van der Waals surface area contributed by atoms with Crippen LogP contribution in [-0.2, 0) is 11.3 Å². The second-order valence-electron chi connectivity index (χ2n) is 7.24. The SMILES string of the molecule is CCCn1ncc2nc(Cl)nc(N[C@H]3CC[C@H](N4CCOCC4)CC3)c21. The predicted molar refractivity (Wildman–Crippen MR) is 103 cm³/mol. The lowest BCUT2D eigenvalue weighted by molar-refractivity contribution is 0.00791. The minimum Gasteiger partial charge on any atom is -0.379 e. The van der Waals surface area contributed by atoms with E-state index in [-0.39, 0.29) is 5.28 Å². The number of rotatable bonds is 5. The average molecular weight is 379 g/mol. The molecule has 2 aromatic heterocycles. The molecule has 3 heterocycles. The Kier molecular flexibility index (Phi) is 5.57. The molecule has 0 atom stereocenters. The molecule has 2 aromatic rings. The van der Waals surface area contributed by atoms with Gasteiger partial charge in [0.05, 0.1) is 19.4 Å². The van der Waals surface area contributed by atoms with Crippen molar-refractivity contribution in [3.8, 4) is 0 Å². The first-order valence-corrected chi connectivity index (χ1v) is 10.1. The molecule has 1 aliphatic heterocycles. The van der Waals surface area contributed by atoms with Gasteiger partial charge >= 0.3 is 0 Å². The Labute approximate surface area is 159 Å². The number of aromatic nitrogens is 4. The summed E-state index contributed by atoms with van der Waals surface area (Å²) in [6.45, 7) is 6.88. The Balaban J connectivity index is 1.45. The number of fused-ring (bicyclic) bond motifs is 1. The molecule has 1 aliphatic carbocycles. The Morgan fingerprint density at radius 2 is 1.96 bits per heavy atom. The van der Waals surface area contributed by atoms with E-state index in [1.54, 1.807) is 6.20 Å². The summed E-state index contributed by atoms with van der Waals surface area (Å²) in [5, 5.41) is 8.36. The van der Waals surface area contributed by atoms with E-state index in [0.29, 0.717) is 12.1 Å². The molecule has 7 nitrogen and oxygen atoms in total. The molecule has 0 unspecified atom stereocenters. The highest BCUT2D eigenvalue weighted by Crippen LogP contribution is 2.29. The topological polar surface area (TPSA) is 68.1 Å². The van der Waals surface area contributed by atoms with Crippen LogP contribution in [0.4, 0.5) is 5.82 Å². The van der Waals surface area contributed by atoms with Crippen molar-refractivity contribution in [3.63, 3.8) is 0 Å². The Morgan fingerprint density at radius 3 is 2.69 bits per heavy atom. The highest BCUT2D eigenvalue weighted by molar-refractivity contribution is 6.28. The summed E-state index contributed by atoms with van der Waals surface area (Å²) < 4.78 is 7.46. The van der Waals surface area contributed by atoms with Gasteiger partial charge in [-0.1, -0.05) is 6.92 Å². The second kappa shape index (κ2) is 8.06. The van der Waals surface area contributed by atoms with Crippen LogP contribution in [0.1, 0.15) is 39.0 Å².